The van der Waals surface area contributed by atoms with Gasteiger partial charge in [-0.05, 0) is 17.2 Å². The monoisotopic (exact) mass is 374 g/mol. The van der Waals surface area contributed by atoms with Gasteiger partial charge in [-0.3, -0.25) is 4.98 Å². The van der Waals surface area contributed by atoms with Crippen molar-refractivity contribution in [3.8, 4) is 17.3 Å². The number of hydrogen-bond donors (Lipinski definition) is 0. The lowest BCUT2D eigenvalue weighted by molar-refractivity contribution is -0.141. The number of thioether (sulfide) groups is 1. The van der Waals surface area contributed by atoms with Crippen molar-refractivity contribution in [2.45, 2.75) is 23.6 Å². The molecule has 0 saturated heterocycles. The lowest BCUT2D eigenvalue weighted by atomic mass is 10.2. The van der Waals surface area contributed by atoms with E-state index in [2.05, 4.69) is 9.97 Å². The van der Waals surface area contributed by atoms with Crippen LogP contribution in [0.2, 0.25) is 0 Å². The highest BCUT2D eigenvalue weighted by molar-refractivity contribution is 7.98. The minimum absolute atomic E-state index is 0.267. The van der Waals surface area contributed by atoms with Crippen molar-refractivity contribution < 1.29 is 13.2 Å². The van der Waals surface area contributed by atoms with Crippen LogP contribution < -0.4 is 0 Å². The third-order valence-corrected chi connectivity index (χ3v) is 4.58. The maximum atomic E-state index is 13.1. The molecule has 0 amide bonds. The van der Waals surface area contributed by atoms with Gasteiger partial charge in [0.05, 0.1) is 17.5 Å². The topological polar surface area (TPSA) is 54.5 Å². The predicted molar refractivity (Wildman–Crippen MR) is 92.2 cm³/mol. The van der Waals surface area contributed by atoms with Crippen LogP contribution in [0.15, 0.2) is 60.1 Å². The number of nitriles is 1. The number of halogens is 3. The first-order chi connectivity index (χ1) is 12.5. The van der Waals surface area contributed by atoms with Crippen molar-refractivity contribution in [2.75, 3.05) is 0 Å². The number of alkyl halides is 3. The highest BCUT2D eigenvalue weighted by Crippen LogP contribution is 2.31. The number of hydrogen-bond acceptors (Lipinski definition) is 4. The molecule has 0 saturated carbocycles. The molecule has 132 valence electrons. The molecule has 26 heavy (non-hydrogen) atoms. The van der Waals surface area contributed by atoms with Gasteiger partial charge in [0.1, 0.15) is 12.6 Å². The van der Waals surface area contributed by atoms with Crippen LogP contribution >= 0.6 is 11.8 Å². The molecular formula is C18H13F3N4S. The van der Waals surface area contributed by atoms with Crippen LogP contribution in [0.4, 0.5) is 13.2 Å². The molecule has 0 N–H and O–H groups in total. The van der Waals surface area contributed by atoms with Crippen molar-refractivity contribution in [3.63, 3.8) is 0 Å². The zero-order valence-corrected chi connectivity index (χ0v) is 14.3. The number of aromatic nitrogens is 3. The molecular weight excluding hydrogens is 361 g/mol. The second-order valence-corrected chi connectivity index (χ2v) is 6.42. The van der Waals surface area contributed by atoms with E-state index in [4.69, 9.17) is 5.26 Å². The van der Waals surface area contributed by atoms with Crippen LogP contribution in [0, 0.1) is 11.3 Å². The Morgan fingerprint density at radius 1 is 1.12 bits per heavy atom. The van der Waals surface area contributed by atoms with Crippen molar-refractivity contribution in [1.82, 2.24) is 14.5 Å². The average Bonchev–Trinajstić information content (AvgIpc) is 3.01. The number of imidazole rings is 1. The fraction of sp³-hybridized carbons (Fsp3) is 0.167. The number of nitrogens with zero attached hydrogens (tertiary/aromatic N) is 4. The Bertz CT molecular complexity index is 930. The van der Waals surface area contributed by atoms with Gasteiger partial charge in [0.15, 0.2) is 5.16 Å². The van der Waals surface area contributed by atoms with E-state index < -0.39 is 12.7 Å². The number of benzene rings is 1. The predicted octanol–water partition coefficient (Wildman–Crippen LogP) is 4.67. The first-order valence-corrected chi connectivity index (χ1v) is 8.59. The molecule has 0 spiro atoms. The first kappa shape index (κ1) is 18.0. The van der Waals surface area contributed by atoms with Gasteiger partial charge in [-0.25, -0.2) is 4.98 Å². The maximum absolute atomic E-state index is 13.1. The maximum Gasteiger partial charge on any atom is 0.406 e. The lowest BCUT2D eigenvalue weighted by Gasteiger charge is -2.14. The van der Waals surface area contributed by atoms with Gasteiger partial charge < -0.3 is 4.57 Å². The van der Waals surface area contributed by atoms with Crippen molar-refractivity contribution >= 4 is 11.8 Å². The van der Waals surface area contributed by atoms with Crippen molar-refractivity contribution in [2.24, 2.45) is 0 Å². The lowest BCUT2D eigenvalue weighted by Crippen LogP contribution is -2.19. The average molecular weight is 374 g/mol. The number of rotatable bonds is 5. The smallest absolute Gasteiger partial charge is 0.310 e. The first-order valence-electron chi connectivity index (χ1n) is 7.61. The Hall–Kier alpha value is -2.79. The summed E-state index contributed by atoms with van der Waals surface area (Å²) >= 11 is 1.18. The van der Waals surface area contributed by atoms with Crippen LogP contribution in [0.25, 0.3) is 11.3 Å². The fourth-order valence-electron chi connectivity index (χ4n) is 2.42. The summed E-state index contributed by atoms with van der Waals surface area (Å²) in [5.41, 5.74) is 2.24. The van der Waals surface area contributed by atoms with E-state index in [1.807, 2.05) is 6.07 Å². The van der Waals surface area contributed by atoms with E-state index in [0.29, 0.717) is 22.6 Å². The quantitative estimate of drug-likeness (QED) is 0.609. The molecule has 1 aromatic carbocycles. The van der Waals surface area contributed by atoms with Crippen molar-refractivity contribution in [3.05, 3.63) is 66.1 Å². The normalized spacial score (nSPS) is 11.3. The summed E-state index contributed by atoms with van der Waals surface area (Å²) in [7, 11) is 0. The van der Waals surface area contributed by atoms with Gasteiger partial charge in [0, 0.05) is 18.1 Å². The minimum Gasteiger partial charge on any atom is -0.310 e. The van der Waals surface area contributed by atoms with Gasteiger partial charge in [-0.2, -0.15) is 18.4 Å². The fourth-order valence-corrected chi connectivity index (χ4v) is 3.32. The van der Waals surface area contributed by atoms with Gasteiger partial charge in [0.2, 0.25) is 0 Å². The van der Waals surface area contributed by atoms with E-state index in [1.54, 1.807) is 42.6 Å². The molecule has 2 heterocycles. The summed E-state index contributed by atoms with van der Waals surface area (Å²) in [6.45, 7) is -1.12. The molecule has 3 aromatic rings. The summed E-state index contributed by atoms with van der Waals surface area (Å²) < 4.78 is 40.3. The van der Waals surface area contributed by atoms with Gasteiger partial charge >= 0.3 is 6.18 Å². The van der Waals surface area contributed by atoms with Crippen LogP contribution in [-0.2, 0) is 12.3 Å². The Kier molecular flexibility index (Phi) is 5.28. The highest BCUT2D eigenvalue weighted by Gasteiger charge is 2.30. The standard InChI is InChI=1S/C18H13F3N4S/c19-18(20,21)12-25-16(15-4-2-1-3-5-15)10-24-17(25)26-11-14-6-13(7-22)8-23-9-14/h1-6,8-10H,11-12H2. The third kappa shape index (κ3) is 4.43. The molecule has 0 aliphatic rings. The summed E-state index contributed by atoms with van der Waals surface area (Å²) in [6, 6.07) is 12.5. The zero-order chi connectivity index (χ0) is 18.6. The summed E-state index contributed by atoms with van der Waals surface area (Å²) in [5, 5.41) is 9.18. The second-order valence-electron chi connectivity index (χ2n) is 5.48. The number of pyridine rings is 1. The molecule has 0 atom stereocenters. The van der Waals surface area contributed by atoms with Crippen LogP contribution in [-0.4, -0.2) is 20.7 Å². The van der Waals surface area contributed by atoms with E-state index in [9.17, 15) is 13.2 Å². The van der Waals surface area contributed by atoms with Crippen LogP contribution in [0.3, 0.4) is 0 Å². The van der Waals surface area contributed by atoms with Crippen molar-refractivity contribution in [1.29, 1.82) is 5.26 Å². The summed E-state index contributed by atoms with van der Waals surface area (Å²) in [5.74, 6) is 0.367. The van der Waals surface area contributed by atoms with E-state index in [-0.39, 0.29) is 5.16 Å². The Morgan fingerprint density at radius 2 is 1.88 bits per heavy atom. The molecule has 0 unspecified atom stereocenters. The highest BCUT2D eigenvalue weighted by atomic mass is 32.2. The van der Waals surface area contributed by atoms with Gasteiger partial charge in [-0.1, -0.05) is 42.1 Å². The summed E-state index contributed by atoms with van der Waals surface area (Å²) in [4.78, 5) is 8.13. The molecule has 8 heteroatoms. The SMILES string of the molecule is N#Cc1cncc(CSc2ncc(-c3ccccc3)n2CC(F)(F)F)c1. The molecule has 0 radical (unpaired) electrons. The summed E-state index contributed by atoms with van der Waals surface area (Å²) in [6.07, 6.45) is 0.116. The van der Waals surface area contributed by atoms with Crippen LogP contribution in [0.5, 0.6) is 0 Å². The zero-order valence-electron chi connectivity index (χ0n) is 13.4. The Morgan fingerprint density at radius 3 is 2.58 bits per heavy atom. The van der Waals surface area contributed by atoms with Gasteiger partial charge in [-0.15, -0.1) is 0 Å². The van der Waals surface area contributed by atoms with E-state index >= 15 is 0 Å². The molecule has 0 fully saturated rings. The second kappa shape index (κ2) is 7.62. The largest absolute Gasteiger partial charge is 0.406 e. The molecule has 3 rings (SSSR count). The Balaban J connectivity index is 1.89. The molecule has 4 nitrogen and oxygen atoms in total. The molecule has 0 aliphatic carbocycles. The minimum atomic E-state index is -4.36. The molecule has 0 aliphatic heterocycles. The molecule has 2 aromatic heterocycles. The van der Waals surface area contributed by atoms with E-state index in [0.717, 1.165) is 5.56 Å². The van der Waals surface area contributed by atoms with Gasteiger partial charge in [0.25, 0.3) is 0 Å². The molecule has 0 bridgehead atoms. The Labute approximate surface area is 152 Å². The van der Waals surface area contributed by atoms with Crippen LogP contribution in [0.1, 0.15) is 11.1 Å². The third-order valence-electron chi connectivity index (χ3n) is 3.52. The van der Waals surface area contributed by atoms with E-state index in [1.165, 1.54) is 28.7 Å².